The van der Waals surface area contributed by atoms with Crippen LogP contribution < -0.4 is 4.90 Å². The zero-order chi connectivity index (χ0) is 41.5. The fraction of sp³-hybridized carbons (Fsp3) is 0.0164. The molecule has 0 saturated carbocycles. The van der Waals surface area contributed by atoms with E-state index in [-0.39, 0.29) is 0 Å². The lowest BCUT2D eigenvalue weighted by molar-refractivity contribution is 0.748. The first kappa shape index (κ1) is 35.5. The van der Waals surface area contributed by atoms with E-state index in [0.717, 1.165) is 17.1 Å². The highest BCUT2D eigenvalue weighted by Crippen LogP contribution is 2.61. The van der Waals surface area contributed by atoms with Crippen LogP contribution in [-0.2, 0) is 5.41 Å². The number of hydrogen-bond donors (Lipinski definition) is 0. The van der Waals surface area contributed by atoms with Crippen molar-refractivity contribution in [1.29, 1.82) is 0 Å². The van der Waals surface area contributed by atoms with Gasteiger partial charge in [-0.1, -0.05) is 194 Å². The van der Waals surface area contributed by atoms with Crippen LogP contribution in [0.15, 0.2) is 243 Å². The van der Waals surface area contributed by atoms with Gasteiger partial charge in [-0.3, -0.25) is 0 Å². The lowest BCUT2D eigenvalue weighted by Gasteiger charge is -2.39. The molecule has 0 bridgehead atoms. The molecule has 13 rings (SSSR count). The van der Waals surface area contributed by atoms with Crippen molar-refractivity contribution in [3.05, 3.63) is 265 Å². The van der Waals surface area contributed by atoms with Crippen molar-refractivity contribution < 1.29 is 0 Å². The Morgan fingerprint density at radius 1 is 0.317 bits per heavy atom. The molecule has 0 atom stereocenters. The van der Waals surface area contributed by atoms with Gasteiger partial charge >= 0.3 is 0 Å². The summed E-state index contributed by atoms with van der Waals surface area (Å²) in [7, 11) is 0. The van der Waals surface area contributed by atoms with Crippen LogP contribution in [0.1, 0.15) is 22.3 Å². The average molecular weight is 801 g/mol. The molecule has 0 N–H and O–H groups in total. The molecule has 1 aliphatic carbocycles. The summed E-state index contributed by atoms with van der Waals surface area (Å²) >= 11 is 0. The number of benzene rings is 10. The Morgan fingerprint density at radius 3 is 1.57 bits per heavy atom. The van der Waals surface area contributed by atoms with Gasteiger partial charge in [-0.2, -0.15) is 0 Å². The molecule has 0 radical (unpaired) electrons. The number of aromatic nitrogens is 1. The maximum Gasteiger partial charge on any atom is 0.0754 e. The Hall–Kier alpha value is -8.20. The second kappa shape index (κ2) is 13.9. The van der Waals surface area contributed by atoms with Gasteiger partial charge in [0.25, 0.3) is 0 Å². The van der Waals surface area contributed by atoms with Gasteiger partial charge in [-0.05, 0) is 110 Å². The number of rotatable bonds is 6. The van der Waals surface area contributed by atoms with E-state index >= 15 is 0 Å². The lowest BCUT2D eigenvalue weighted by atomic mass is 9.65. The number of fused-ring (bicyclic) bond motifs is 12. The van der Waals surface area contributed by atoms with Crippen LogP contribution in [0.3, 0.4) is 0 Å². The first-order chi connectivity index (χ1) is 31.3. The monoisotopic (exact) mass is 800 g/mol. The molecule has 1 spiro atoms. The van der Waals surface area contributed by atoms with Gasteiger partial charge in [0, 0.05) is 27.7 Å². The molecule has 0 unspecified atom stereocenters. The summed E-state index contributed by atoms with van der Waals surface area (Å²) in [6.07, 6.45) is 0. The largest absolute Gasteiger partial charge is 0.310 e. The van der Waals surface area contributed by atoms with E-state index in [1.165, 1.54) is 94.3 Å². The zero-order valence-corrected chi connectivity index (χ0v) is 34.5. The maximum absolute atomic E-state index is 2.54. The Balaban J connectivity index is 1.05. The first-order valence-electron chi connectivity index (χ1n) is 21.8. The highest BCUT2D eigenvalue weighted by atomic mass is 15.1. The van der Waals surface area contributed by atoms with Crippen LogP contribution in [0.2, 0.25) is 0 Å². The fourth-order valence-electron chi connectivity index (χ4n) is 11.0. The third-order valence-corrected chi connectivity index (χ3v) is 13.6. The molecule has 2 heteroatoms. The fourth-order valence-corrected chi connectivity index (χ4v) is 11.0. The molecule has 1 aromatic heterocycles. The normalized spacial score (nSPS) is 12.9. The van der Waals surface area contributed by atoms with E-state index in [2.05, 4.69) is 252 Å². The molecule has 294 valence electrons. The van der Waals surface area contributed by atoms with Crippen molar-refractivity contribution in [2.45, 2.75) is 5.41 Å². The molecule has 0 fully saturated rings. The topological polar surface area (TPSA) is 8.17 Å². The van der Waals surface area contributed by atoms with Gasteiger partial charge in [-0.15, -0.1) is 0 Å². The number of hydrogen-bond acceptors (Lipinski definition) is 1. The number of para-hydroxylation sites is 3. The molecule has 11 aromatic rings. The van der Waals surface area contributed by atoms with Crippen LogP contribution >= 0.6 is 0 Å². The van der Waals surface area contributed by atoms with Crippen molar-refractivity contribution in [1.82, 2.24) is 4.57 Å². The van der Waals surface area contributed by atoms with Crippen molar-refractivity contribution in [3.8, 4) is 50.2 Å². The summed E-state index contributed by atoms with van der Waals surface area (Å²) in [5, 5.41) is 2.48. The highest BCUT2D eigenvalue weighted by Gasteiger charge is 2.50. The second-order valence-corrected chi connectivity index (χ2v) is 16.8. The summed E-state index contributed by atoms with van der Waals surface area (Å²) < 4.78 is 2.54. The van der Waals surface area contributed by atoms with E-state index in [1.54, 1.807) is 0 Å². The zero-order valence-electron chi connectivity index (χ0n) is 34.5. The van der Waals surface area contributed by atoms with Crippen molar-refractivity contribution >= 4 is 38.9 Å². The molecule has 0 amide bonds. The summed E-state index contributed by atoms with van der Waals surface area (Å²) in [5.41, 5.74) is 21.7. The molecule has 2 aliphatic rings. The Morgan fingerprint density at radius 2 is 0.841 bits per heavy atom. The molecular weight excluding hydrogens is 761 g/mol. The predicted octanol–water partition coefficient (Wildman–Crippen LogP) is 15.9. The minimum atomic E-state index is -0.448. The van der Waals surface area contributed by atoms with E-state index in [0.29, 0.717) is 0 Å². The highest BCUT2D eigenvalue weighted by molar-refractivity contribution is 6.14. The molecule has 1 aliphatic heterocycles. The second-order valence-electron chi connectivity index (χ2n) is 16.8. The average Bonchev–Trinajstić information content (AvgIpc) is 3.85. The van der Waals surface area contributed by atoms with Gasteiger partial charge in [0.05, 0.1) is 27.8 Å². The standard InChI is InChI=1S/C61H40N2/c1-3-17-41(18-4-1)43-33-35-46(36-34-43)62(57-31-13-9-23-48(57)45-22-15-21-44(39-45)42-19-5-2-6-20-42)47-37-38-58-52(40-47)51-26-16-30-56-60(51)63(58)59-32-14-12-29-55(59)61(56)53-27-10-7-24-49(53)50-25-8-11-28-54(50)61/h1-40H. The van der Waals surface area contributed by atoms with Gasteiger partial charge in [-0.25, -0.2) is 0 Å². The van der Waals surface area contributed by atoms with E-state index in [1.807, 2.05) is 0 Å². The molecule has 2 nitrogen and oxygen atoms in total. The van der Waals surface area contributed by atoms with Crippen molar-refractivity contribution in [2.75, 3.05) is 4.90 Å². The first-order valence-corrected chi connectivity index (χ1v) is 21.8. The minimum Gasteiger partial charge on any atom is -0.310 e. The Kier molecular flexibility index (Phi) is 7.85. The third-order valence-electron chi connectivity index (χ3n) is 13.6. The van der Waals surface area contributed by atoms with Gasteiger partial charge in [0.2, 0.25) is 0 Å². The lowest BCUT2D eigenvalue weighted by Crippen LogP contribution is -2.33. The molecular formula is C61H40N2. The Bertz CT molecular complexity index is 3520. The van der Waals surface area contributed by atoms with Crippen LogP contribution in [0.5, 0.6) is 0 Å². The molecule has 2 heterocycles. The predicted molar refractivity (Wildman–Crippen MR) is 263 cm³/mol. The minimum absolute atomic E-state index is 0.448. The molecule has 63 heavy (non-hydrogen) atoms. The van der Waals surface area contributed by atoms with Crippen LogP contribution in [0, 0.1) is 0 Å². The smallest absolute Gasteiger partial charge is 0.0754 e. The quantitative estimate of drug-likeness (QED) is 0.163. The maximum atomic E-state index is 2.54. The van der Waals surface area contributed by atoms with Gasteiger partial charge in [0.15, 0.2) is 0 Å². The van der Waals surface area contributed by atoms with E-state index in [4.69, 9.17) is 0 Å². The summed E-state index contributed by atoms with van der Waals surface area (Å²) in [4.78, 5) is 2.45. The third kappa shape index (κ3) is 5.19. The summed E-state index contributed by atoms with van der Waals surface area (Å²) in [5.74, 6) is 0. The van der Waals surface area contributed by atoms with Gasteiger partial charge < -0.3 is 9.47 Å². The number of anilines is 3. The van der Waals surface area contributed by atoms with E-state index in [9.17, 15) is 0 Å². The SMILES string of the molecule is c1ccc(-c2ccc(N(c3ccc4c(c3)c3cccc5c3n4-c3ccccc3C53c4ccccc4-c4ccccc43)c3ccccc3-c3cccc(-c4ccccc4)c3)cc2)cc1. The summed E-state index contributed by atoms with van der Waals surface area (Å²) in [6.45, 7) is 0. The van der Waals surface area contributed by atoms with Crippen LogP contribution in [-0.4, -0.2) is 4.57 Å². The molecule has 0 saturated heterocycles. The van der Waals surface area contributed by atoms with Crippen LogP contribution in [0.4, 0.5) is 17.1 Å². The summed E-state index contributed by atoms with van der Waals surface area (Å²) in [6, 6.07) is 89.5. The number of nitrogens with zero attached hydrogens (tertiary/aromatic N) is 2. The van der Waals surface area contributed by atoms with Crippen LogP contribution in [0.25, 0.3) is 72.0 Å². The van der Waals surface area contributed by atoms with E-state index < -0.39 is 5.41 Å². The van der Waals surface area contributed by atoms with Crippen molar-refractivity contribution in [3.63, 3.8) is 0 Å². The Labute approximate surface area is 367 Å². The van der Waals surface area contributed by atoms with Crippen molar-refractivity contribution in [2.24, 2.45) is 0 Å². The molecule has 10 aromatic carbocycles. The van der Waals surface area contributed by atoms with Gasteiger partial charge in [0.1, 0.15) is 0 Å².